The Bertz CT molecular complexity index is 588. The zero-order valence-corrected chi connectivity index (χ0v) is 11.0. The minimum atomic E-state index is -4.14. The molecule has 0 spiro atoms. The Labute approximate surface area is 109 Å². The first kappa shape index (κ1) is 15.5. The standard InChI is InChI=1S/C11H13F2NO4S/c1-6(9-4-3-8(12)5-10(9)13)14-19(17,18)7(2)11(15)16/h3-7,14H,1-2H3,(H,15,16). The van der Waals surface area contributed by atoms with Crippen LogP contribution in [0.3, 0.4) is 0 Å². The van der Waals surface area contributed by atoms with Gasteiger partial charge in [0.05, 0.1) is 0 Å². The van der Waals surface area contributed by atoms with Crippen molar-refractivity contribution in [3.63, 3.8) is 0 Å². The minimum absolute atomic E-state index is 0.0671. The highest BCUT2D eigenvalue weighted by atomic mass is 32.2. The van der Waals surface area contributed by atoms with Gasteiger partial charge in [0.25, 0.3) is 0 Å². The molecule has 0 heterocycles. The Morgan fingerprint density at radius 3 is 2.37 bits per heavy atom. The predicted octanol–water partition coefficient (Wildman–Crippen LogP) is 1.42. The van der Waals surface area contributed by atoms with Crippen LogP contribution in [0, 0.1) is 11.6 Å². The summed E-state index contributed by atoms with van der Waals surface area (Å²) in [5.74, 6) is -3.20. The minimum Gasteiger partial charge on any atom is -0.480 e. The highest BCUT2D eigenvalue weighted by Crippen LogP contribution is 2.19. The highest BCUT2D eigenvalue weighted by molar-refractivity contribution is 7.90. The Morgan fingerprint density at radius 1 is 1.32 bits per heavy atom. The first-order valence-corrected chi connectivity index (χ1v) is 6.88. The lowest BCUT2D eigenvalue weighted by Gasteiger charge is -2.17. The predicted molar refractivity (Wildman–Crippen MR) is 63.9 cm³/mol. The van der Waals surface area contributed by atoms with Crippen molar-refractivity contribution in [2.24, 2.45) is 0 Å². The number of sulfonamides is 1. The van der Waals surface area contributed by atoms with Gasteiger partial charge in [0.2, 0.25) is 10.0 Å². The second-order valence-electron chi connectivity index (χ2n) is 4.03. The monoisotopic (exact) mass is 293 g/mol. The smallest absolute Gasteiger partial charge is 0.323 e. The van der Waals surface area contributed by atoms with E-state index in [9.17, 15) is 22.0 Å². The van der Waals surface area contributed by atoms with E-state index < -0.39 is 38.9 Å². The molecule has 2 N–H and O–H groups in total. The fraction of sp³-hybridized carbons (Fsp3) is 0.364. The quantitative estimate of drug-likeness (QED) is 0.860. The highest BCUT2D eigenvalue weighted by Gasteiger charge is 2.29. The van der Waals surface area contributed by atoms with Crippen LogP contribution < -0.4 is 4.72 Å². The van der Waals surface area contributed by atoms with Gasteiger partial charge in [-0.2, -0.15) is 0 Å². The molecule has 0 aliphatic heterocycles. The van der Waals surface area contributed by atoms with Gasteiger partial charge < -0.3 is 5.11 Å². The Morgan fingerprint density at radius 2 is 1.89 bits per heavy atom. The largest absolute Gasteiger partial charge is 0.480 e. The van der Waals surface area contributed by atoms with E-state index >= 15 is 0 Å². The third kappa shape index (κ3) is 3.71. The number of nitrogens with one attached hydrogen (secondary N) is 1. The molecule has 5 nitrogen and oxygen atoms in total. The number of carboxylic acids is 1. The van der Waals surface area contributed by atoms with Crippen LogP contribution in [0.4, 0.5) is 8.78 Å². The molecular formula is C11H13F2NO4S. The zero-order valence-electron chi connectivity index (χ0n) is 10.2. The lowest BCUT2D eigenvalue weighted by atomic mass is 10.1. The van der Waals surface area contributed by atoms with Crippen LogP contribution in [0.25, 0.3) is 0 Å². The summed E-state index contributed by atoms with van der Waals surface area (Å²) in [5, 5.41) is 6.98. The maximum atomic E-state index is 13.4. The normalized spacial score (nSPS) is 14.9. The summed E-state index contributed by atoms with van der Waals surface area (Å²) in [6.07, 6.45) is 0. The summed E-state index contributed by atoms with van der Waals surface area (Å²) in [5.41, 5.74) is -0.0671. The van der Waals surface area contributed by atoms with Crippen molar-refractivity contribution in [2.45, 2.75) is 25.1 Å². The summed E-state index contributed by atoms with van der Waals surface area (Å²) >= 11 is 0. The maximum absolute atomic E-state index is 13.4. The van der Waals surface area contributed by atoms with Gasteiger partial charge in [0.1, 0.15) is 11.6 Å². The van der Waals surface area contributed by atoms with Crippen LogP contribution in [-0.2, 0) is 14.8 Å². The first-order valence-electron chi connectivity index (χ1n) is 5.34. The molecule has 0 amide bonds. The van der Waals surface area contributed by atoms with E-state index in [1.54, 1.807) is 0 Å². The van der Waals surface area contributed by atoms with Crippen molar-refractivity contribution < 1.29 is 27.1 Å². The summed E-state index contributed by atoms with van der Waals surface area (Å²) < 4.78 is 51.5. The SMILES string of the molecule is CC(NS(=O)(=O)C(C)C(=O)O)c1ccc(F)cc1F. The number of carboxylic acid groups (broad SMARTS) is 1. The van der Waals surface area contributed by atoms with Crippen LogP contribution in [-0.4, -0.2) is 24.7 Å². The molecule has 8 heteroatoms. The number of carbonyl (C=O) groups is 1. The average molecular weight is 293 g/mol. The summed E-state index contributed by atoms with van der Waals surface area (Å²) in [6.45, 7) is 2.33. The van der Waals surface area contributed by atoms with Crippen LogP contribution in [0.2, 0.25) is 0 Å². The van der Waals surface area contributed by atoms with E-state index in [1.165, 1.54) is 6.92 Å². The van der Waals surface area contributed by atoms with Gasteiger partial charge in [0, 0.05) is 17.7 Å². The van der Waals surface area contributed by atoms with Gasteiger partial charge in [-0.15, -0.1) is 0 Å². The molecule has 1 aromatic carbocycles. The number of benzene rings is 1. The van der Waals surface area contributed by atoms with E-state index in [4.69, 9.17) is 5.11 Å². The number of aliphatic carboxylic acids is 1. The van der Waals surface area contributed by atoms with Crippen LogP contribution >= 0.6 is 0 Å². The molecule has 0 aromatic heterocycles. The molecule has 0 saturated heterocycles. The second-order valence-corrected chi connectivity index (χ2v) is 6.06. The van der Waals surface area contributed by atoms with Gasteiger partial charge in [-0.05, 0) is 19.9 Å². The van der Waals surface area contributed by atoms with Gasteiger partial charge in [0.15, 0.2) is 5.25 Å². The molecule has 1 aromatic rings. The zero-order chi connectivity index (χ0) is 14.8. The molecule has 19 heavy (non-hydrogen) atoms. The van der Waals surface area contributed by atoms with Crippen LogP contribution in [0.5, 0.6) is 0 Å². The molecule has 106 valence electrons. The second kappa shape index (κ2) is 5.62. The lowest BCUT2D eigenvalue weighted by molar-refractivity contribution is -0.136. The topological polar surface area (TPSA) is 83.5 Å². The van der Waals surface area contributed by atoms with Crippen LogP contribution in [0.1, 0.15) is 25.5 Å². The molecular weight excluding hydrogens is 280 g/mol. The van der Waals surface area contributed by atoms with E-state index in [0.717, 1.165) is 19.1 Å². The van der Waals surface area contributed by atoms with E-state index in [0.29, 0.717) is 6.07 Å². The number of halogens is 2. The first-order chi connectivity index (χ1) is 8.65. The molecule has 2 atom stereocenters. The average Bonchev–Trinajstić information content (AvgIpc) is 2.26. The summed E-state index contributed by atoms with van der Waals surface area (Å²) in [4.78, 5) is 10.6. The number of hydrogen-bond acceptors (Lipinski definition) is 3. The van der Waals surface area contributed by atoms with Crippen molar-refractivity contribution in [1.82, 2.24) is 4.72 Å². The van der Waals surface area contributed by atoms with Gasteiger partial charge >= 0.3 is 5.97 Å². The third-order valence-electron chi connectivity index (χ3n) is 2.58. The molecule has 0 saturated carbocycles. The van der Waals surface area contributed by atoms with E-state index in [1.807, 2.05) is 4.72 Å². The lowest BCUT2D eigenvalue weighted by Crippen LogP contribution is -2.38. The van der Waals surface area contributed by atoms with Gasteiger partial charge in [-0.1, -0.05) is 6.07 Å². The molecule has 0 fully saturated rings. The Kier molecular flexibility index (Phi) is 4.59. The van der Waals surface area contributed by atoms with Gasteiger partial charge in [-0.25, -0.2) is 21.9 Å². The summed E-state index contributed by atoms with van der Waals surface area (Å²) in [6, 6.07) is 1.71. The van der Waals surface area contributed by atoms with E-state index in [-0.39, 0.29) is 5.56 Å². The Hall–Kier alpha value is -1.54. The van der Waals surface area contributed by atoms with E-state index in [2.05, 4.69) is 0 Å². The molecule has 1 rings (SSSR count). The van der Waals surface area contributed by atoms with Crippen LogP contribution in [0.15, 0.2) is 18.2 Å². The summed E-state index contributed by atoms with van der Waals surface area (Å²) in [7, 11) is -4.14. The maximum Gasteiger partial charge on any atom is 0.323 e. The van der Waals surface area contributed by atoms with Gasteiger partial charge in [-0.3, -0.25) is 4.79 Å². The number of rotatable bonds is 5. The van der Waals surface area contributed by atoms with Crippen molar-refractivity contribution in [3.05, 3.63) is 35.4 Å². The Balaban J connectivity index is 2.97. The fourth-order valence-electron chi connectivity index (χ4n) is 1.40. The molecule has 0 aliphatic carbocycles. The number of hydrogen-bond donors (Lipinski definition) is 2. The molecule has 2 unspecified atom stereocenters. The molecule has 0 bridgehead atoms. The molecule has 0 aliphatic rings. The van der Waals surface area contributed by atoms with Crippen molar-refractivity contribution in [1.29, 1.82) is 0 Å². The molecule has 0 radical (unpaired) electrons. The van der Waals surface area contributed by atoms with Crippen molar-refractivity contribution in [3.8, 4) is 0 Å². The third-order valence-corrected chi connectivity index (χ3v) is 4.40. The fourth-order valence-corrected chi connectivity index (χ4v) is 2.49. The van der Waals surface area contributed by atoms with Crippen molar-refractivity contribution >= 4 is 16.0 Å². The van der Waals surface area contributed by atoms with Crippen molar-refractivity contribution in [2.75, 3.05) is 0 Å².